The molecular weight excluding hydrogens is 258 g/mol. The van der Waals surface area contributed by atoms with Gasteiger partial charge in [-0.2, -0.15) is 0 Å². The van der Waals surface area contributed by atoms with Crippen molar-refractivity contribution in [2.24, 2.45) is 0 Å². The van der Waals surface area contributed by atoms with Crippen molar-refractivity contribution in [3.05, 3.63) is 38.8 Å². The van der Waals surface area contributed by atoms with Crippen LogP contribution in [0.1, 0.15) is 0 Å². The fourth-order valence-corrected chi connectivity index (χ4v) is 1.08. The number of methoxy groups -OCH3 is 2. The third-order valence-corrected chi connectivity index (χ3v) is 1.96. The Morgan fingerprint density at radius 3 is 2.47 bits per heavy atom. The molecule has 0 saturated heterocycles. The Morgan fingerprint density at radius 1 is 1.26 bits per heavy atom. The predicted octanol–water partition coefficient (Wildman–Crippen LogP) is -1.29. The fourth-order valence-electron chi connectivity index (χ4n) is 1.08. The summed E-state index contributed by atoms with van der Waals surface area (Å²) in [6, 6.07) is 0. The molecule has 1 aromatic rings. The van der Waals surface area contributed by atoms with E-state index in [2.05, 4.69) is 19.8 Å². The first-order valence-electron chi connectivity index (χ1n) is 4.95. The van der Waals surface area contributed by atoms with Crippen LogP contribution in [0.25, 0.3) is 0 Å². The lowest BCUT2D eigenvalue weighted by Crippen LogP contribution is -2.26. The summed E-state index contributed by atoms with van der Waals surface area (Å²) in [5.74, 6) is -1.69. The number of aromatic nitrogens is 2. The molecule has 0 spiro atoms. The molecule has 0 bridgehead atoms. The molecule has 0 aliphatic heterocycles. The molecule has 19 heavy (non-hydrogen) atoms. The van der Waals surface area contributed by atoms with Gasteiger partial charge in [-0.15, -0.1) is 0 Å². The molecule has 0 aliphatic carbocycles. The number of nitrogens with one attached hydrogen (secondary N) is 3. The van der Waals surface area contributed by atoms with Gasteiger partial charge in [-0.05, 0) is 0 Å². The third kappa shape index (κ3) is 3.84. The minimum atomic E-state index is -0.879. The number of anilines is 1. The van der Waals surface area contributed by atoms with Crippen LogP contribution in [-0.2, 0) is 19.1 Å². The second kappa shape index (κ2) is 6.19. The molecular formula is C10H11N3O6. The number of carbonyl (C=O) groups is 2. The molecule has 0 atom stereocenters. The maximum absolute atomic E-state index is 11.4. The van der Waals surface area contributed by atoms with Gasteiger partial charge in [-0.25, -0.2) is 14.4 Å². The molecule has 3 N–H and O–H groups in total. The normalized spacial score (nSPS) is 10.7. The van der Waals surface area contributed by atoms with Crippen molar-refractivity contribution in [2.75, 3.05) is 19.5 Å². The number of rotatable bonds is 4. The molecule has 0 radical (unpaired) electrons. The average molecular weight is 269 g/mol. The molecule has 1 heterocycles. The Balaban J connectivity index is 3.11. The fraction of sp³-hybridized carbons (Fsp3) is 0.200. The Bertz CT molecular complexity index is 627. The van der Waals surface area contributed by atoms with Crippen molar-refractivity contribution in [1.29, 1.82) is 0 Å². The number of hydrogen-bond acceptors (Lipinski definition) is 7. The number of H-pyrrole nitrogens is 2. The van der Waals surface area contributed by atoms with E-state index in [0.717, 1.165) is 26.5 Å². The average Bonchev–Trinajstić information content (AvgIpc) is 2.39. The Kier molecular flexibility index (Phi) is 4.63. The van der Waals surface area contributed by atoms with E-state index in [1.54, 1.807) is 0 Å². The molecule has 102 valence electrons. The van der Waals surface area contributed by atoms with Crippen LogP contribution in [0.2, 0.25) is 0 Å². The van der Waals surface area contributed by atoms with Crippen LogP contribution in [0.4, 0.5) is 5.69 Å². The standard InChI is InChI=1S/C10H11N3O6/c1-18-7(14)3-5(9(16)19-2)12-6-4-11-10(17)13-8(6)15/h3-4,12H,1-2H3,(H2,11,13,15,17)/b5-3+. The smallest absolute Gasteiger partial charge is 0.354 e. The van der Waals surface area contributed by atoms with Crippen molar-refractivity contribution < 1.29 is 19.1 Å². The van der Waals surface area contributed by atoms with Gasteiger partial charge in [-0.3, -0.25) is 9.78 Å². The molecule has 0 fully saturated rings. The molecule has 0 unspecified atom stereocenters. The minimum Gasteiger partial charge on any atom is -0.466 e. The lowest BCUT2D eigenvalue weighted by molar-refractivity contribution is -0.138. The zero-order valence-corrected chi connectivity index (χ0v) is 10.1. The first kappa shape index (κ1) is 14.2. The van der Waals surface area contributed by atoms with Crippen LogP contribution < -0.4 is 16.6 Å². The lowest BCUT2D eigenvalue weighted by atomic mass is 10.3. The maximum atomic E-state index is 11.4. The van der Waals surface area contributed by atoms with Gasteiger partial charge >= 0.3 is 17.6 Å². The molecule has 0 saturated carbocycles. The topological polar surface area (TPSA) is 130 Å². The highest BCUT2D eigenvalue weighted by molar-refractivity contribution is 5.98. The van der Waals surface area contributed by atoms with Gasteiger partial charge in [0.1, 0.15) is 11.4 Å². The van der Waals surface area contributed by atoms with E-state index in [-0.39, 0.29) is 11.4 Å². The quantitative estimate of drug-likeness (QED) is 0.457. The van der Waals surface area contributed by atoms with Crippen molar-refractivity contribution in [1.82, 2.24) is 9.97 Å². The van der Waals surface area contributed by atoms with Crippen molar-refractivity contribution in [2.45, 2.75) is 0 Å². The second-order valence-electron chi connectivity index (χ2n) is 3.18. The summed E-state index contributed by atoms with van der Waals surface area (Å²) in [5.41, 5.74) is -1.91. The summed E-state index contributed by atoms with van der Waals surface area (Å²) in [7, 11) is 2.23. The zero-order valence-electron chi connectivity index (χ0n) is 10.1. The summed E-state index contributed by atoms with van der Waals surface area (Å²) in [6.45, 7) is 0. The largest absolute Gasteiger partial charge is 0.466 e. The molecule has 1 rings (SSSR count). The maximum Gasteiger partial charge on any atom is 0.354 e. The number of esters is 2. The highest BCUT2D eigenvalue weighted by Gasteiger charge is 2.14. The van der Waals surface area contributed by atoms with Crippen LogP contribution in [0, 0.1) is 0 Å². The number of aromatic amines is 2. The van der Waals surface area contributed by atoms with E-state index in [1.165, 1.54) is 0 Å². The van der Waals surface area contributed by atoms with Gasteiger partial charge in [0.15, 0.2) is 0 Å². The van der Waals surface area contributed by atoms with Crippen LogP contribution in [-0.4, -0.2) is 36.1 Å². The zero-order chi connectivity index (χ0) is 14.4. The molecule has 0 aliphatic rings. The SMILES string of the molecule is COC(=O)/C=C(/Nc1c[nH]c(=O)[nH]c1=O)C(=O)OC. The summed E-state index contributed by atoms with van der Waals surface area (Å²) in [6.07, 6.45) is 1.87. The van der Waals surface area contributed by atoms with Crippen molar-refractivity contribution in [3.8, 4) is 0 Å². The van der Waals surface area contributed by atoms with Crippen molar-refractivity contribution >= 4 is 17.6 Å². The number of hydrogen-bond donors (Lipinski definition) is 3. The van der Waals surface area contributed by atoms with E-state index in [4.69, 9.17) is 0 Å². The van der Waals surface area contributed by atoms with E-state index < -0.39 is 23.2 Å². The van der Waals surface area contributed by atoms with Gasteiger partial charge in [0.05, 0.1) is 20.3 Å². The highest BCUT2D eigenvalue weighted by Crippen LogP contribution is 2.03. The molecule has 9 heteroatoms. The van der Waals surface area contributed by atoms with Gasteiger partial charge in [0.2, 0.25) is 0 Å². The molecule has 0 amide bonds. The van der Waals surface area contributed by atoms with Crippen molar-refractivity contribution in [3.63, 3.8) is 0 Å². The van der Waals surface area contributed by atoms with E-state index in [1.807, 2.05) is 4.98 Å². The van der Waals surface area contributed by atoms with E-state index >= 15 is 0 Å². The summed E-state index contributed by atoms with van der Waals surface area (Å²) in [5, 5.41) is 2.36. The Labute approximate surface area is 106 Å². The van der Waals surface area contributed by atoms with Crippen LogP contribution in [0.15, 0.2) is 27.6 Å². The second-order valence-corrected chi connectivity index (χ2v) is 3.18. The van der Waals surface area contributed by atoms with Crippen LogP contribution >= 0.6 is 0 Å². The number of carbonyl (C=O) groups excluding carboxylic acids is 2. The third-order valence-electron chi connectivity index (χ3n) is 1.96. The summed E-state index contributed by atoms with van der Waals surface area (Å²) < 4.78 is 8.79. The van der Waals surface area contributed by atoms with Crippen LogP contribution in [0.5, 0.6) is 0 Å². The van der Waals surface area contributed by atoms with Gasteiger partial charge in [0.25, 0.3) is 5.56 Å². The molecule has 9 nitrogen and oxygen atoms in total. The van der Waals surface area contributed by atoms with Gasteiger partial charge < -0.3 is 19.8 Å². The minimum absolute atomic E-state index is 0.139. The summed E-state index contributed by atoms with van der Waals surface area (Å²) in [4.78, 5) is 48.9. The molecule has 0 aromatic carbocycles. The first-order chi connectivity index (χ1) is 8.97. The lowest BCUT2D eigenvalue weighted by Gasteiger charge is -2.07. The van der Waals surface area contributed by atoms with E-state index in [9.17, 15) is 19.2 Å². The molecule has 1 aromatic heterocycles. The summed E-state index contributed by atoms with van der Waals surface area (Å²) >= 11 is 0. The predicted molar refractivity (Wildman–Crippen MR) is 63.4 cm³/mol. The Hall–Kier alpha value is -2.84. The van der Waals surface area contributed by atoms with Gasteiger partial charge in [0, 0.05) is 6.20 Å². The monoisotopic (exact) mass is 269 g/mol. The first-order valence-corrected chi connectivity index (χ1v) is 4.95. The van der Waals surface area contributed by atoms with E-state index in [0.29, 0.717) is 0 Å². The Morgan fingerprint density at radius 2 is 1.95 bits per heavy atom. The highest BCUT2D eigenvalue weighted by atomic mass is 16.5. The number of ether oxygens (including phenoxy) is 2. The van der Waals surface area contributed by atoms with Gasteiger partial charge in [-0.1, -0.05) is 0 Å². The van der Waals surface area contributed by atoms with Crippen LogP contribution in [0.3, 0.4) is 0 Å².